The maximum atomic E-state index is 13.1. The molecule has 2 aromatic heterocycles. The van der Waals surface area contributed by atoms with Crippen molar-refractivity contribution in [2.45, 2.75) is 75.9 Å². The number of fused-ring (bicyclic) bond motifs is 2. The lowest BCUT2D eigenvalue weighted by Gasteiger charge is -2.28. The van der Waals surface area contributed by atoms with Gasteiger partial charge in [-0.25, -0.2) is 0 Å². The largest absolute Gasteiger partial charge is 0.326 e. The zero-order chi connectivity index (χ0) is 20.3. The molecule has 0 aliphatic heterocycles. The van der Waals surface area contributed by atoms with E-state index in [1.54, 1.807) is 0 Å². The molecule has 2 heterocycles. The normalized spacial score (nSPS) is 23.9. The van der Waals surface area contributed by atoms with E-state index < -0.39 is 11.1 Å². The summed E-state index contributed by atoms with van der Waals surface area (Å²) < 4.78 is 2.61. The van der Waals surface area contributed by atoms with E-state index in [9.17, 15) is 19.2 Å². The highest BCUT2D eigenvalue weighted by molar-refractivity contribution is 5.97. The maximum absolute atomic E-state index is 13.1. The van der Waals surface area contributed by atoms with Gasteiger partial charge in [0.2, 0.25) is 0 Å². The molecule has 29 heavy (non-hydrogen) atoms. The third-order valence-corrected chi connectivity index (χ3v) is 7.01. The van der Waals surface area contributed by atoms with E-state index in [0.717, 1.165) is 51.4 Å². The molecule has 0 amide bonds. The third kappa shape index (κ3) is 2.67. The van der Waals surface area contributed by atoms with Crippen molar-refractivity contribution in [2.24, 2.45) is 5.73 Å². The fourth-order valence-electron chi connectivity index (χ4n) is 5.44. The molecule has 0 radical (unpaired) electrons. The minimum absolute atomic E-state index is 0.0888. The lowest BCUT2D eigenvalue weighted by molar-refractivity contribution is 0.298. The molecule has 7 nitrogen and oxygen atoms in total. The number of rotatable bonds is 2. The minimum atomic E-state index is -0.397. The van der Waals surface area contributed by atoms with Crippen LogP contribution in [0.3, 0.4) is 0 Å². The molecule has 7 heteroatoms. The molecule has 5 rings (SSSR count). The molecule has 2 aliphatic rings. The van der Waals surface area contributed by atoms with Crippen LogP contribution in [0.4, 0.5) is 0 Å². The summed E-state index contributed by atoms with van der Waals surface area (Å²) in [5.74, 6) is 0. The summed E-state index contributed by atoms with van der Waals surface area (Å²) in [5.41, 5.74) is 4.73. The number of hydrogen-bond acceptors (Lipinski definition) is 5. The van der Waals surface area contributed by atoms with Crippen molar-refractivity contribution in [2.75, 3.05) is 0 Å². The van der Waals surface area contributed by atoms with Crippen molar-refractivity contribution in [3.63, 3.8) is 0 Å². The lowest BCUT2D eigenvalue weighted by atomic mass is 9.91. The van der Waals surface area contributed by atoms with Crippen LogP contribution in [0.15, 0.2) is 31.3 Å². The number of nitrogens with zero attached hydrogens (tertiary/aromatic N) is 2. The van der Waals surface area contributed by atoms with Crippen molar-refractivity contribution < 1.29 is 0 Å². The summed E-state index contributed by atoms with van der Waals surface area (Å²) in [6.45, 7) is 0. The molecular weight excluding hydrogens is 370 g/mol. The van der Waals surface area contributed by atoms with Crippen molar-refractivity contribution in [3.8, 4) is 0 Å². The van der Waals surface area contributed by atoms with E-state index in [1.165, 1.54) is 21.3 Å². The molecule has 152 valence electrons. The molecule has 3 aromatic rings. The number of aromatic nitrogens is 2. The molecule has 1 aromatic carbocycles. The second kappa shape index (κ2) is 6.76. The van der Waals surface area contributed by atoms with E-state index in [2.05, 4.69) is 0 Å². The van der Waals surface area contributed by atoms with Gasteiger partial charge in [0.15, 0.2) is 0 Å². The van der Waals surface area contributed by atoms with Gasteiger partial charge < -0.3 is 5.73 Å². The molecule has 0 saturated heterocycles. The van der Waals surface area contributed by atoms with Crippen molar-refractivity contribution >= 4 is 21.5 Å². The first-order valence-electron chi connectivity index (χ1n) is 10.7. The fourth-order valence-corrected chi connectivity index (χ4v) is 5.44. The number of benzene rings is 1. The Hall–Kier alpha value is -2.54. The van der Waals surface area contributed by atoms with Crippen molar-refractivity contribution in [1.82, 2.24) is 9.13 Å². The van der Waals surface area contributed by atoms with Gasteiger partial charge in [0.05, 0.1) is 27.6 Å². The molecule has 2 atom stereocenters. The molecule has 2 aliphatic carbocycles. The van der Waals surface area contributed by atoms with Gasteiger partial charge >= 0.3 is 0 Å². The van der Waals surface area contributed by atoms with Crippen LogP contribution in [0.2, 0.25) is 0 Å². The Balaban J connectivity index is 1.73. The topological polar surface area (TPSA) is 104 Å². The van der Waals surface area contributed by atoms with Crippen LogP contribution < -0.4 is 28.0 Å². The second-order valence-corrected chi connectivity index (χ2v) is 8.71. The summed E-state index contributed by atoms with van der Waals surface area (Å²) in [6, 6.07) is 2.28. The Morgan fingerprint density at radius 1 is 0.621 bits per heavy atom. The van der Waals surface area contributed by atoms with Gasteiger partial charge in [-0.1, -0.05) is 32.1 Å². The van der Waals surface area contributed by atoms with Crippen LogP contribution >= 0.6 is 0 Å². The van der Waals surface area contributed by atoms with Crippen LogP contribution in [-0.4, -0.2) is 15.2 Å². The zero-order valence-electron chi connectivity index (χ0n) is 16.4. The Morgan fingerprint density at radius 2 is 1.07 bits per heavy atom. The van der Waals surface area contributed by atoms with Gasteiger partial charge in [-0.3, -0.25) is 28.3 Å². The monoisotopic (exact) mass is 395 g/mol. The van der Waals surface area contributed by atoms with E-state index in [-0.39, 0.29) is 50.8 Å². The van der Waals surface area contributed by atoms with Crippen molar-refractivity contribution in [3.05, 3.63) is 53.5 Å². The summed E-state index contributed by atoms with van der Waals surface area (Å²) >= 11 is 0. The number of nitrogens with two attached hydrogens (primary N) is 1. The van der Waals surface area contributed by atoms with Gasteiger partial charge in [-0.15, -0.1) is 0 Å². The highest BCUT2D eigenvalue weighted by Gasteiger charge is 2.29. The van der Waals surface area contributed by atoms with Crippen LogP contribution in [0, 0.1) is 0 Å². The summed E-state index contributed by atoms with van der Waals surface area (Å²) in [6.07, 6.45) is 8.15. The van der Waals surface area contributed by atoms with Gasteiger partial charge in [-0.05, 0) is 37.8 Å². The summed E-state index contributed by atoms with van der Waals surface area (Å²) in [4.78, 5) is 52.1. The highest BCUT2D eigenvalue weighted by Crippen LogP contribution is 2.28. The van der Waals surface area contributed by atoms with E-state index in [4.69, 9.17) is 5.73 Å². The smallest absolute Gasteiger partial charge is 0.261 e. The average Bonchev–Trinajstić information content (AvgIpc) is 3.12. The van der Waals surface area contributed by atoms with E-state index in [0.29, 0.717) is 6.42 Å². The third-order valence-electron chi connectivity index (χ3n) is 7.01. The molecule has 2 N–H and O–H groups in total. The highest BCUT2D eigenvalue weighted by atomic mass is 16.2. The average molecular weight is 395 g/mol. The number of hydrogen-bond donors (Lipinski definition) is 1. The Morgan fingerprint density at radius 3 is 1.59 bits per heavy atom. The first-order chi connectivity index (χ1) is 14.0. The molecule has 0 unspecified atom stereocenters. The van der Waals surface area contributed by atoms with Crippen LogP contribution in [0.25, 0.3) is 21.5 Å². The lowest BCUT2D eigenvalue weighted by Crippen LogP contribution is -2.42. The minimum Gasteiger partial charge on any atom is -0.326 e. The second-order valence-electron chi connectivity index (χ2n) is 8.71. The summed E-state index contributed by atoms with van der Waals surface area (Å²) in [5, 5.41) is 0.932. The van der Waals surface area contributed by atoms with Gasteiger partial charge in [0, 0.05) is 12.1 Å². The zero-order valence-corrected chi connectivity index (χ0v) is 16.4. The van der Waals surface area contributed by atoms with Gasteiger partial charge in [-0.2, -0.15) is 0 Å². The van der Waals surface area contributed by atoms with Crippen LogP contribution in [-0.2, 0) is 0 Å². The Bertz CT molecular complexity index is 1220. The SMILES string of the molecule is N[C@H]1CCCC[C@@H]1n1c(=O)c2cc3c(=O)n(C4CCCCC4)c(=O)c3cc2c1=O. The first-order valence-corrected chi connectivity index (χ1v) is 10.7. The molecule has 2 fully saturated rings. The van der Waals surface area contributed by atoms with E-state index in [1.807, 2.05) is 0 Å². The molecular formula is C22H25N3O4. The van der Waals surface area contributed by atoms with Crippen molar-refractivity contribution in [1.29, 1.82) is 0 Å². The Kier molecular flexibility index (Phi) is 4.31. The molecule has 0 spiro atoms. The van der Waals surface area contributed by atoms with Crippen LogP contribution in [0.5, 0.6) is 0 Å². The predicted octanol–water partition coefficient (Wildman–Crippen LogP) is 1.86. The quantitative estimate of drug-likeness (QED) is 0.713. The fraction of sp³-hybridized carbons (Fsp3) is 0.545. The molecule has 0 bridgehead atoms. The van der Waals surface area contributed by atoms with E-state index >= 15 is 0 Å². The molecule has 2 saturated carbocycles. The summed E-state index contributed by atoms with van der Waals surface area (Å²) in [7, 11) is 0. The predicted molar refractivity (Wildman–Crippen MR) is 112 cm³/mol. The maximum Gasteiger partial charge on any atom is 0.261 e. The van der Waals surface area contributed by atoms with Gasteiger partial charge in [0.1, 0.15) is 0 Å². The van der Waals surface area contributed by atoms with Crippen LogP contribution in [0.1, 0.15) is 69.9 Å². The standard InChI is InChI=1S/C22H25N3O4/c23-17-8-4-5-9-18(17)25-21(28)15-10-13-14(11-16(15)22(25)29)20(27)24(19(13)26)12-6-2-1-3-7-12/h10-12,17-18H,1-9,23H2/t17-,18-/m0/s1. The Labute approximate surface area is 166 Å². The van der Waals surface area contributed by atoms with Gasteiger partial charge in [0.25, 0.3) is 22.2 Å². The first kappa shape index (κ1) is 18.5.